The Morgan fingerprint density at radius 1 is 1.53 bits per heavy atom. The second-order valence-corrected chi connectivity index (χ2v) is 3.99. The summed E-state index contributed by atoms with van der Waals surface area (Å²) in [5.74, 6) is 1.06. The molecule has 0 aliphatic carbocycles. The quantitative estimate of drug-likeness (QED) is 0.817. The molecule has 2 aromatic heterocycles. The SMILES string of the molecule is CCCn1ccnc1C(O)c1cnn(C)c1N. The van der Waals surface area contributed by atoms with Crippen LogP contribution in [0.15, 0.2) is 18.6 Å². The molecule has 0 saturated heterocycles. The van der Waals surface area contributed by atoms with Crippen molar-refractivity contribution in [3.63, 3.8) is 0 Å². The van der Waals surface area contributed by atoms with Gasteiger partial charge in [-0.05, 0) is 6.42 Å². The lowest BCUT2D eigenvalue weighted by Gasteiger charge is -2.12. The topological polar surface area (TPSA) is 81.9 Å². The Balaban J connectivity index is 2.33. The summed E-state index contributed by atoms with van der Waals surface area (Å²) in [6.07, 6.45) is 5.27. The molecule has 0 saturated carbocycles. The van der Waals surface area contributed by atoms with Gasteiger partial charge >= 0.3 is 0 Å². The van der Waals surface area contributed by atoms with Gasteiger partial charge in [-0.15, -0.1) is 0 Å². The van der Waals surface area contributed by atoms with Crippen molar-refractivity contribution in [2.75, 3.05) is 5.73 Å². The number of hydrogen-bond acceptors (Lipinski definition) is 4. The zero-order valence-electron chi connectivity index (χ0n) is 10.0. The van der Waals surface area contributed by atoms with Crippen LogP contribution in [0.2, 0.25) is 0 Å². The van der Waals surface area contributed by atoms with E-state index < -0.39 is 6.10 Å². The van der Waals surface area contributed by atoms with Crippen molar-refractivity contribution in [2.24, 2.45) is 7.05 Å². The minimum absolute atomic E-state index is 0.462. The number of anilines is 1. The Morgan fingerprint density at radius 2 is 2.29 bits per heavy atom. The van der Waals surface area contributed by atoms with E-state index in [9.17, 15) is 5.11 Å². The fraction of sp³-hybridized carbons (Fsp3) is 0.455. The van der Waals surface area contributed by atoms with E-state index in [4.69, 9.17) is 5.73 Å². The summed E-state index contributed by atoms with van der Waals surface area (Å²) in [5, 5.41) is 14.3. The Hall–Kier alpha value is -1.82. The molecule has 0 aromatic carbocycles. The fourth-order valence-electron chi connectivity index (χ4n) is 1.81. The number of aliphatic hydroxyl groups excluding tert-OH is 1. The molecule has 0 bridgehead atoms. The average Bonchev–Trinajstić information content (AvgIpc) is 2.88. The molecule has 6 nitrogen and oxygen atoms in total. The summed E-state index contributed by atoms with van der Waals surface area (Å²) in [6.45, 7) is 2.90. The van der Waals surface area contributed by atoms with Crippen LogP contribution in [0.3, 0.4) is 0 Å². The van der Waals surface area contributed by atoms with Gasteiger partial charge in [-0.25, -0.2) is 4.98 Å². The van der Waals surface area contributed by atoms with E-state index in [0.29, 0.717) is 17.2 Å². The van der Waals surface area contributed by atoms with Crippen molar-refractivity contribution in [2.45, 2.75) is 26.0 Å². The number of aryl methyl sites for hydroxylation is 2. The number of aromatic nitrogens is 4. The van der Waals surface area contributed by atoms with Gasteiger partial charge in [0.25, 0.3) is 0 Å². The third kappa shape index (κ3) is 2.03. The van der Waals surface area contributed by atoms with Crippen LogP contribution in [0.4, 0.5) is 5.82 Å². The number of nitrogens with zero attached hydrogens (tertiary/aromatic N) is 4. The predicted octanol–water partition coefficient (Wildman–Crippen LogP) is 0.690. The molecule has 2 heterocycles. The predicted molar refractivity (Wildman–Crippen MR) is 64.2 cm³/mol. The molecule has 6 heteroatoms. The first kappa shape index (κ1) is 11.7. The molecule has 0 aliphatic heterocycles. The number of hydrogen-bond donors (Lipinski definition) is 2. The van der Waals surface area contributed by atoms with Gasteiger partial charge < -0.3 is 15.4 Å². The molecule has 0 spiro atoms. The van der Waals surface area contributed by atoms with Gasteiger partial charge in [0.1, 0.15) is 17.7 Å². The van der Waals surface area contributed by atoms with Crippen LogP contribution in [0.5, 0.6) is 0 Å². The third-order valence-corrected chi connectivity index (χ3v) is 2.77. The molecule has 0 aliphatic rings. The summed E-state index contributed by atoms with van der Waals surface area (Å²) in [4.78, 5) is 4.18. The number of aliphatic hydroxyl groups is 1. The number of rotatable bonds is 4. The first-order valence-electron chi connectivity index (χ1n) is 5.61. The van der Waals surface area contributed by atoms with Crippen LogP contribution in [0.25, 0.3) is 0 Å². The average molecular weight is 235 g/mol. The van der Waals surface area contributed by atoms with E-state index in [1.165, 1.54) is 4.68 Å². The van der Waals surface area contributed by atoms with E-state index >= 15 is 0 Å². The summed E-state index contributed by atoms with van der Waals surface area (Å²) < 4.78 is 3.46. The highest BCUT2D eigenvalue weighted by molar-refractivity contribution is 5.42. The second kappa shape index (κ2) is 4.58. The maximum absolute atomic E-state index is 10.3. The molecule has 92 valence electrons. The smallest absolute Gasteiger partial charge is 0.142 e. The van der Waals surface area contributed by atoms with E-state index in [1.807, 2.05) is 10.8 Å². The van der Waals surface area contributed by atoms with Crippen LogP contribution in [-0.4, -0.2) is 24.4 Å². The minimum atomic E-state index is -0.828. The summed E-state index contributed by atoms with van der Waals surface area (Å²) in [6, 6.07) is 0. The van der Waals surface area contributed by atoms with Gasteiger partial charge in [-0.1, -0.05) is 6.92 Å². The van der Waals surface area contributed by atoms with Crippen LogP contribution >= 0.6 is 0 Å². The molecule has 17 heavy (non-hydrogen) atoms. The Kier molecular flexibility index (Phi) is 3.14. The van der Waals surface area contributed by atoms with E-state index in [0.717, 1.165) is 13.0 Å². The molecule has 0 fully saturated rings. The molecular weight excluding hydrogens is 218 g/mol. The first-order valence-corrected chi connectivity index (χ1v) is 5.61. The third-order valence-electron chi connectivity index (χ3n) is 2.77. The lowest BCUT2D eigenvalue weighted by atomic mass is 10.2. The van der Waals surface area contributed by atoms with Crippen LogP contribution in [-0.2, 0) is 13.6 Å². The molecule has 1 atom stereocenters. The van der Waals surface area contributed by atoms with Gasteiger partial charge in [0.2, 0.25) is 0 Å². The summed E-state index contributed by atoms with van der Waals surface area (Å²) in [5.41, 5.74) is 6.43. The molecule has 2 aromatic rings. The van der Waals surface area contributed by atoms with Gasteiger partial charge in [-0.3, -0.25) is 4.68 Å². The van der Waals surface area contributed by atoms with Crippen molar-refractivity contribution in [3.8, 4) is 0 Å². The van der Waals surface area contributed by atoms with Gasteiger partial charge in [0.05, 0.1) is 6.20 Å². The zero-order chi connectivity index (χ0) is 12.4. The fourth-order valence-corrected chi connectivity index (χ4v) is 1.81. The van der Waals surface area contributed by atoms with Crippen LogP contribution < -0.4 is 5.73 Å². The second-order valence-electron chi connectivity index (χ2n) is 3.99. The minimum Gasteiger partial charge on any atom is -0.384 e. The monoisotopic (exact) mass is 235 g/mol. The van der Waals surface area contributed by atoms with Crippen LogP contribution in [0.1, 0.15) is 30.8 Å². The van der Waals surface area contributed by atoms with E-state index in [1.54, 1.807) is 19.4 Å². The Bertz CT molecular complexity index is 502. The van der Waals surface area contributed by atoms with Crippen molar-refractivity contribution in [3.05, 3.63) is 30.0 Å². The summed E-state index contributed by atoms with van der Waals surface area (Å²) in [7, 11) is 1.74. The van der Waals surface area contributed by atoms with Crippen LogP contribution in [0, 0.1) is 0 Å². The first-order chi connectivity index (χ1) is 8.15. The highest BCUT2D eigenvalue weighted by Gasteiger charge is 2.20. The van der Waals surface area contributed by atoms with Gasteiger partial charge in [-0.2, -0.15) is 5.10 Å². The molecule has 2 rings (SSSR count). The van der Waals surface area contributed by atoms with Crippen molar-refractivity contribution < 1.29 is 5.11 Å². The van der Waals surface area contributed by atoms with Gasteiger partial charge in [0.15, 0.2) is 0 Å². The molecule has 0 radical (unpaired) electrons. The Labute approximate surface area is 99.7 Å². The molecule has 3 N–H and O–H groups in total. The molecule has 0 amide bonds. The van der Waals surface area contributed by atoms with Crippen molar-refractivity contribution >= 4 is 5.82 Å². The van der Waals surface area contributed by atoms with Gasteiger partial charge in [0, 0.05) is 31.5 Å². The lowest BCUT2D eigenvalue weighted by Crippen LogP contribution is -2.11. The highest BCUT2D eigenvalue weighted by Crippen LogP contribution is 2.24. The van der Waals surface area contributed by atoms with Crippen molar-refractivity contribution in [1.29, 1.82) is 0 Å². The lowest BCUT2D eigenvalue weighted by molar-refractivity contribution is 0.205. The summed E-state index contributed by atoms with van der Waals surface area (Å²) >= 11 is 0. The maximum atomic E-state index is 10.3. The largest absolute Gasteiger partial charge is 0.384 e. The number of nitrogen functional groups attached to an aromatic ring is 1. The standard InChI is InChI=1S/C11H17N5O/c1-3-5-16-6-4-13-11(16)9(17)8-7-14-15(2)10(8)12/h4,6-7,9,17H,3,5,12H2,1-2H3. The highest BCUT2D eigenvalue weighted by atomic mass is 16.3. The number of imidazole rings is 1. The molecule has 1 unspecified atom stereocenters. The Morgan fingerprint density at radius 3 is 2.88 bits per heavy atom. The van der Waals surface area contributed by atoms with E-state index in [-0.39, 0.29) is 0 Å². The zero-order valence-corrected chi connectivity index (χ0v) is 10.0. The maximum Gasteiger partial charge on any atom is 0.142 e. The normalized spacial score (nSPS) is 12.9. The van der Waals surface area contributed by atoms with Crippen molar-refractivity contribution in [1.82, 2.24) is 19.3 Å². The van der Waals surface area contributed by atoms with E-state index in [2.05, 4.69) is 17.0 Å². The molecular formula is C11H17N5O. The number of nitrogens with two attached hydrogens (primary N) is 1.